The highest BCUT2D eigenvalue weighted by Crippen LogP contribution is 2.13. The van der Waals surface area contributed by atoms with Gasteiger partial charge in [0.1, 0.15) is 6.42 Å². The van der Waals surface area contributed by atoms with E-state index in [4.69, 9.17) is 0 Å². The molecule has 0 heterocycles. The van der Waals surface area contributed by atoms with Gasteiger partial charge >= 0.3 is 0 Å². The first-order valence-electron chi connectivity index (χ1n) is 6.55. The molecule has 0 saturated carbocycles. The summed E-state index contributed by atoms with van der Waals surface area (Å²) in [4.78, 5) is 23.4. The van der Waals surface area contributed by atoms with Crippen molar-refractivity contribution in [3.63, 3.8) is 0 Å². The lowest BCUT2D eigenvalue weighted by atomic mass is 10.2. The van der Waals surface area contributed by atoms with E-state index in [1.807, 2.05) is 19.1 Å². The standard InChI is InChI=1S/C16H14F2N2O2/c1-10-2-4-11(5-3-10)19-15(21)9-16(22)20-12-6-7-13(17)14(18)8-12/h2-8H,9H2,1H3,(H,19,21)(H,20,22). The second kappa shape index (κ2) is 6.80. The molecular weight excluding hydrogens is 290 g/mol. The minimum absolute atomic E-state index is 0.0898. The number of benzene rings is 2. The number of nitrogens with one attached hydrogen (secondary N) is 2. The smallest absolute Gasteiger partial charge is 0.233 e. The van der Waals surface area contributed by atoms with Crippen LogP contribution in [0.2, 0.25) is 0 Å². The summed E-state index contributed by atoms with van der Waals surface area (Å²) in [5.41, 5.74) is 1.72. The molecule has 0 aliphatic rings. The molecule has 6 heteroatoms. The maximum Gasteiger partial charge on any atom is 0.233 e. The van der Waals surface area contributed by atoms with Crippen LogP contribution in [0, 0.1) is 18.6 Å². The van der Waals surface area contributed by atoms with Crippen LogP contribution in [0.3, 0.4) is 0 Å². The Kier molecular flexibility index (Phi) is 4.83. The minimum atomic E-state index is -1.07. The number of anilines is 2. The summed E-state index contributed by atoms with van der Waals surface area (Å²) >= 11 is 0. The molecule has 0 aromatic heterocycles. The fraction of sp³-hybridized carbons (Fsp3) is 0.125. The molecule has 0 fully saturated rings. The molecule has 0 aliphatic heterocycles. The van der Waals surface area contributed by atoms with Crippen molar-refractivity contribution in [3.8, 4) is 0 Å². The Hall–Kier alpha value is -2.76. The van der Waals surface area contributed by atoms with Crippen molar-refractivity contribution < 1.29 is 18.4 Å². The molecular formula is C16H14F2N2O2. The van der Waals surface area contributed by atoms with Crippen molar-refractivity contribution in [2.75, 3.05) is 10.6 Å². The second-order valence-corrected chi connectivity index (χ2v) is 4.77. The molecule has 0 atom stereocenters. The van der Waals surface area contributed by atoms with Crippen molar-refractivity contribution in [2.45, 2.75) is 13.3 Å². The average molecular weight is 304 g/mol. The van der Waals surface area contributed by atoms with Gasteiger partial charge in [0.25, 0.3) is 0 Å². The van der Waals surface area contributed by atoms with Gasteiger partial charge in [0.15, 0.2) is 11.6 Å². The van der Waals surface area contributed by atoms with Gasteiger partial charge < -0.3 is 10.6 Å². The fourth-order valence-electron chi connectivity index (χ4n) is 1.77. The fourth-order valence-corrected chi connectivity index (χ4v) is 1.77. The third-order valence-electron chi connectivity index (χ3n) is 2.86. The van der Waals surface area contributed by atoms with Gasteiger partial charge in [-0.25, -0.2) is 8.78 Å². The van der Waals surface area contributed by atoms with Crippen LogP contribution in [-0.4, -0.2) is 11.8 Å². The first kappa shape index (κ1) is 15.6. The van der Waals surface area contributed by atoms with Gasteiger partial charge in [-0.1, -0.05) is 17.7 Å². The molecule has 2 aromatic rings. The van der Waals surface area contributed by atoms with E-state index < -0.39 is 29.9 Å². The molecule has 2 aromatic carbocycles. The normalized spacial score (nSPS) is 10.1. The van der Waals surface area contributed by atoms with E-state index in [0.717, 1.165) is 17.7 Å². The van der Waals surface area contributed by atoms with Crippen molar-refractivity contribution in [1.82, 2.24) is 0 Å². The topological polar surface area (TPSA) is 58.2 Å². The molecule has 2 N–H and O–H groups in total. The number of hydrogen-bond acceptors (Lipinski definition) is 2. The monoisotopic (exact) mass is 304 g/mol. The highest BCUT2D eigenvalue weighted by atomic mass is 19.2. The lowest BCUT2D eigenvalue weighted by Gasteiger charge is -2.07. The number of hydrogen-bond donors (Lipinski definition) is 2. The van der Waals surface area contributed by atoms with Gasteiger partial charge in [0.05, 0.1) is 0 Å². The van der Waals surface area contributed by atoms with E-state index >= 15 is 0 Å². The Morgan fingerprint density at radius 2 is 1.41 bits per heavy atom. The molecule has 0 bridgehead atoms. The largest absolute Gasteiger partial charge is 0.326 e. The van der Waals surface area contributed by atoms with E-state index in [0.29, 0.717) is 5.69 Å². The predicted molar refractivity (Wildman–Crippen MR) is 79.4 cm³/mol. The molecule has 0 unspecified atom stereocenters. The SMILES string of the molecule is Cc1ccc(NC(=O)CC(=O)Nc2ccc(F)c(F)c2)cc1. The van der Waals surface area contributed by atoms with Crippen molar-refractivity contribution in [1.29, 1.82) is 0 Å². The van der Waals surface area contributed by atoms with Crippen LogP contribution in [0.15, 0.2) is 42.5 Å². The van der Waals surface area contributed by atoms with Crippen LogP contribution in [0.1, 0.15) is 12.0 Å². The van der Waals surface area contributed by atoms with Crippen LogP contribution in [-0.2, 0) is 9.59 Å². The first-order chi connectivity index (χ1) is 10.4. The maximum absolute atomic E-state index is 13.0. The highest BCUT2D eigenvalue weighted by Gasteiger charge is 2.11. The maximum atomic E-state index is 13.0. The number of carbonyl (C=O) groups excluding carboxylic acids is 2. The number of aryl methyl sites for hydroxylation is 1. The number of carbonyl (C=O) groups is 2. The lowest BCUT2D eigenvalue weighted by molar-refractivity contribution is -0.123. The summed E-state index contributed by atoms with van der Waals surface area (Å²) in [6.45, 7) is 1.92. The zero-order valence-corrected chi connectivity index (χ0v) is 11.8. The van der Waals surface area contributed by atoms with Crippen LogP contribution < -0.4 is 10.6 Å². The van der Waals surface area contributed by atoms with E-state index in [1.165, 1.54) is 6.07 Å². The summed E-state index contributed by atoms with van der Waals surface area (Å²) in [5.74, 6) is -3.18. The van der Waals surface area contributed by atoms with Gasteiger partial charge in [-0.2, -0.15) is 0 Å². The van der Waals surface area contributed by atoms with E-state index in [-0.39, 0.29) is 5.69 Å². The number of rotatable bonds is 4. The molecule has 4 nitrogen and oxygen atoms in total. The van der Waals surface area contributed by atoms with Gasteiger partial charge in [-0.15, -0.1) is 0 Å². The van der Waals surface area contributed by atoms with Gasteiger partial charge in [-0.05, 0) is 31.2 Å². The summed E-state index contributed by atoms with van der Waals surface area (Å²) in [6, 6.07) is 10.1. The van der Waals surface area contributed by atoms with Crippen LogP contribution >= 0.6 is 0 Å². The third-order valence-corrected chi connectivity index (χ3v) is 2.86. The van der Waals surface area contributed by atoms with Gasteiger partial charge in [0, 0.05) is 17.4 Å². The molecule has 2 rings (SSSR count). The summed E-state index contributed by atoms with van der Waals surface area (Å²) in [5, 5.41) is 4.90. The Morgan fingerprint density at radius 3 is 2.00 bits per heavy atom. The van der Waals surface area contributed by atoms with Gasteiger partial charge in [0.2, 0.25) is 11.8 Å². The minimum Gasteiger partial charge on any atom is -0.326 e. The number of halogens is 2. The average Bonchev–Trinajstić information content (AvgIpc) is 2.45. The molecule has 0 aliphatic carbocycles. The summed E-state index contributed by atoms with van der Waals surface area (Å²) in [7, 11) is 0. The van der Waals surface area contributed by atoms with Crippen LogP contribution in [0.25, 0.3) is 0 Å². The Morgan fingerprint density at radius 1 is 0.864 bits per heavy atom. The third kappa shape index (κ3) is 4.37. The second-order valence-electron chi connectivity index (χ2n) is 4.77. The lowest BCUT2D eigenvalue weighted by Crippen LogP contribution is -2.21. The molecule has 0 radical (unpaired) electrons. The first-order valence-corrected chi connectivity index (χ1v) is 6.55. The van der Waals surface area contributed by atoms with Crippen molar-refractivity contribution in [2.24, 2.45) is 0 Å². The van der Waals surface area contributed by atoms with Gasteiger partial charge in [-0.3, -0.25) is 9.59 Å². The van der Waals surface area contributed by atoms with Crippen LogP contribution in [0.5, 0.6) is 0 Å². The zero-order chi connectivity index (χ0) is 16.1. The zero-order valence-electron chi connectivity index (χ0n) is 11.8. The molecule has 0 saturated heterocycles. The van der Waals surface area contributed by atoms with Crippen molar-refractivity contribution >= 4 is 23.2 Å². The van der Waals surface area contributed by atoms with E-state index in [2.05, 4.69) is 10.6 Å². The quantitative estimate of drug-likeness (QED) is 0.852. The predicted octanol–water partition coefficient (Wildman–Crippen LogP) is 3.24. The summed E-state index contributed by atoms with van der Waals surface area (Å²) in [6.07, 6.45) is -0.424. The van der Waals surface area contributed by atoms with E-state index in [9.17, 15) is 18.4 Å². The molecule has 2 amide bonds. The Bertz CT molecular complexity index is 700. The van der Waals surface area contributed by atoms with Crippen molar-refractivity contribution in [3.05, 3.63) is 59.7 Å². The van der Waals surface area contributed by atoms with Crippen LogP contribution in [0.4, 0.5) is 20.2 Å². The highest BCUT2D eigenvalue weighted by molar-refractivity contribution is 6.08. The Labute approximate surface area is 126 Å². The van der Waals surface area contributed by atoms with E-state index in [1.54, 1.807) is 12.1 Å². The molecule has 22 heavy (non-hydrogen) atoms. The molecule has 0 spiro atoms. The summed E-state index contributed by atoms with van der Waals surface area (Å²) < 4.78 is 25.8. The Balaban J connectivity index is 1.89. The number of amides is 2. The molecule has 114 valence electrons.